The molecule has 1 atom stereocenters. The van der Waals surface area contributed by atoms with E-state index in [2.05, 4.69) is 30.9 Å². The molecule has 0 aliphatic heterocycles. The van der Waals surface area contributed by atoms with E-state index in [1.165, 1.54) is 5.56 Å². The summed E-state index contributed by atoms with van der Waals surface area (Å²) in [4.78, 5) is 11.4. The molecule has 2 aromatic carbocycles. The fourth-order valence-corrected chi connectivity index (χ4v) is 2.62. The van der Waals surface area contributed by atoms with Crippen LogP contribution in [-0.4, -0.2) is 18.9 Å². The number of ketones is 1. The van der Waals surface area contributed by atoms with E-state index in [0.29, 0.717) is 18.9 Å². The zero-order valence-electron chi connectivity index (χ0n) is 14.9. The average Bonchev–Trinajstić information content (AvgIpc) is 2.62. The largest absolute Gasteiger partial charge is 0.494 e. The minimum atomic E-state index is 0.116. The Morgan fingerprint density at radius 2 is 1.60 bits per heavy atom. The van der Waals surface area contributed by atoms with E-state index < -0.39 is 0 Å². The van der Waals surface area contributed by atoms with Gasteiger partial charge in [0.25, 0.3) is 0 Å². The first-order chi connectivity index (χ1) is 12.1. The molecule has 0 aromatic heterocycles. The van der Waals surface area contributed by atoms with Gasteiger partial charge in [0.2, 0.25) is 0 Å². The number of rotatable bonds is 7. The van der Waals surface area contributed by atoms with Crippen LogP contribution >= 0.6 is 0 Å². The van der Waals surface area contributed by atoms with E-state index >= 15 is 0 Å². The summed E-state index contributed by atoms with van der Waals surface area (Å²) in [5.41, 5.74) is 8.51. The Morgan fingerprint density at radius 1 is 1.04 bits per heavy atom. The third kappa shape index (κ3) is 6.45. The van der Waals surface area contributed by atoms with Crippen molar-refractivity contribution in [2.45, 2.75) is 26.7 Å². The van der Waals surface area contributed by atoms with Crippen molar-refractivity contribution >= 4 is 5.78 Å². The normalized spacial score (nSPS) is 11.3. The van der Waals surface area contributed by atoms with Crippen molar-refractivity contribution < 1.29 is 9.53 Å². The molecule has 2 aromatic rings. The van der Waals surface area contributed by atoms with Crippen molar-refractivity contribution in [3.8, 4) is 17.6 Å². The van der Waals surface area contributed by atoms with Crippen LogP contribution in [-0.2, 0) is 11.2 Å². The van der Waals surface area contributed by atoms with E-state index in [1.807, 2.05) is 43.3 Å². The Morgan fingerprint density at radius 3 is 2.12 bits per heavy atom. The van der Waals surface area contributed by atoms with Crippen LogP contribution in [0.1, 0.15) is 37.0 Å². The molecule has 0 fully saturated rings. The number of benzene rings is 2. The van der Waals surface area contributed by atoms with Crippen molar-refractivity contribution in [2.75, 3.05) is 13.2 Å². The van der Waals surface area contributed by atoms with Crippen molar-refractivity contribution in [1.82, 2.24) is 0 Å². The van der Waals surface area contributed by atoms with E-state index in [-0.39, 0.29) is 12.3 Å². The predicted molar refractivity (Wildman–Crippen MR) is 102 cm³/mol. The molecule has 25 heavy (non-hydrogen) atoms. The molecule has 0 amide bonds. The van der Waals surface area contributed by atoms with E-state index in [4.69, 9.17) is 10.5 Å². The minimum Gasteiger partial charge on any atom is -0.494 e. The summed E-state index contributed by atoms with van der Waals surface area (Å²) in [5.74, 6) is 7.61. The molecular formula is C22H25NO2. The Balaban J connectivity index is 1.95. The smallest absolute Gasteiger partial charge is 0.146 e. The molecule has 1 unspecified atom stereocenters. The maximum atomic E-state index is 11.4. The van der Waals surface area contributed by atoms with Crippen molar-refractivity contribution in [3.05, 3.63) is 65.2 Å². The molecule has 3 nitrogen and oxygen atoms in total. The fraction of sp³-hybridized carbons (Fsp3) is 0.318. The fourth-order valence-electron chi connectivity index (χ4n) is 2.62. The molecule has 0 bridgehead atoms. The SMILES string of the molecule is CCOc1ccc(C#Cc2ccc(CC(C)CC(=O)CN)cc2)cc1. The average molecular weight is 335 g/mol. The lowest BCUT2D eigenvalue weighted by molar-refractivity contribution is -0.118. The lowest BCUT2D eigenvalue weighted by atomic mass is 9.95. The van der Waals surface area contributed by atoms with Gasteiger partial charge in [0.05, 0.1) is 13.2 Å². The van der Waals surface area contributed by atoms with Crippen molar-refractivity contribution in [2.24, 2.45) is 11.7 Å². The number of nitrogens with two attached hydrogens (primary N) is 1. The van der Waals surface area contributed by atoms with Crippen LogP contribution in [0.4, 0.5) is 0 Å². The Kier molecular flexibility index (Phi) is 7.25. The van der Waals surface area contributed by atoms with Gasteiger partial charge in [0.15, 0.2) is 0 Å². The maximum absolute atomic E-state index is 11.4. The number of hydrogen-bond donors (Lipinski definition) is 1. The molecule has 0 saturated carbocycles. The highest BCUT2D eigenvalue weighted by Crippen LogP contribution is 2.14. The van der Waals surface area contributed by atoms with Gasteiger partial charge in [-0.1, -0.05) is 30.9 Å². The lowest BCUT2D eigenvalue weighted by Gasteiger charge is -2.09. The van der Waals surface area contributed by atoms with Gasteiger partial charge in [0.1, 0.15) is 11.5 Å². The summed E-state index contributed by atoms with van der Waals surface area (Å²) >= 11 is 0. The summed E-state index contributed by atoms with van der Waals surface area (Å²) in [6.45, 7) is 4.84. The van der Waals surface area contributed by atoms with Gasteiger partial charge in [-0.05, 0) is 61.2 Å². The van der Waals surface area contributed by atoms with Crippen LogP contribution in [0.2, 0.25) is 0 Å². The maximum Gasteiger partial charge on any atom is 0.146 e. The molecule has 0 aliphatic carbocycles. The molecule has 0 aliphatic rings. The Hall–Kier alpha value is -2.57. The van der Waals surface area contributed by atoms with Gasteiger partial charge >= 0.3 is 0 Å². The molecule has 0 saturated heterocycles. The number of hydrogen-bond acceptors (Lipinski definition) is 3. The second-order valence-corrected chi connectivity index (χ2v) is 6.16. The summed E-state index contributed by atoms with van der Waals surface area (Å²) in [6.07, 6.45) is 1.41. The highest BCUT2D eigenvalue weighted by Gasteiger charge is 2.08. The minimum absolute atomic E-state index is 0.116. The quantitative estimate of drug-likeness (QED) is 0.787. The molecule has 3 heteroatoms. The highest BCUT2D eigenvalue weighted by molar-refractivity contribution is 5.80. The van der Waals surface area contributed by atoms with Crippen molar-refractivity contribution in [3.63, 3.8) is 0 Å². The summed E-state index contributed by atoms with van der Waals surface area (Å²) in [5, 5.41) is 0. The van der Waals surface area contributed by atoms with Gasteiger partial charge in [-0.25, -0.2) is 0 Å². The summed E-state index contributed by atoms with van der Waals surface area (Å²) in [6, 6.07) is 16.0. The molecular weight excluding hydrogens is 310 g/mol. The summed E-state index contributed by atoms with van der Waals surface area (Å²) in [7, 11) is 0. The third-order valence-corrected chi connectivity index (χ3v) is 3.86. The standard InChI is InChI=1S/C22H25NO2/c1-3-25-22-12-10-19(11-13-22)5-4-18-6-8-20(9-7-18)14-17(2)15-21(24)16-23/h6-13,17H,3,14-16,23H2,1-2H3. The molecule has 2 N–H and O–H groups in total. The topological polar surface area (TPSA) is 52.3 Å². The predicted octanol–water partition coefficient (Wildman–Crippen LogP) is 3.58. The van der Waals surface area contributed by atoms with Gasteiger partial charge in [-0.3, -0.25) is 4.79 Å². The van der Waals surface area contributed by atoms with Crippen LogP contribution in [0.15, 0.2) is 48.5 Å². The second kappa shape index (κ2) is 9.66. The van der Waals surface area contributed by atoms with Gasteiger partial charge in [-0.15, -0.1) is 0 Å². The van der Waals surface area contributed by atoms with Gasteiger partial charge in [0, 0.05) is 17.5 Å². The monoisotopic (exact) mass is 335 g/mol. The Labute approximate surface area is 150 Å². The molecule has 0 spiro atoms. The zero-order valence-corrected chi connectivity index (χ0v) is 14.9. The first kappa shape index (κ1) is 18.8. The van der Waals surface area contributed by atoms with Crippen LogP contribution < -0.4 is 10.5 Å². The van der Waals surface area contributed by atoms with Crippen LogP contribution in [0.5, 0.6) is 5.75 Å². The number of carbonyl (C=O) groups is 1. The Bertz CT molecular complexity index is 736. The molecule has 2 rings (SSSR count). The van der Waals surface area contributed by atoms with E-state index in [0.717, 1.165) is 23.3 Å². The van der Waals surface area contributed by atoms with Gasteiger partial charge < -0.3 is 10.5 Å². The summed E-state index contributed by atoms with van der Waals surface area (Å²) < 4.78 is 5.42. The van der Waals surface area contributed by atoms with Gasteiger partial charge in [-0.2, -0.15) is 0 Å². The molecule has 130 valence electrons. The number of carbonyl (C=O) groups excluding carboxylic acids is 1. The van der Waals surface area contributed by atoms with Crippen molar-refractivity contribution in [1.29, 1.82) is 0 Å². The number of Topliss-reactive ketones (excluding diaryl/α,β-unsaturated/α-hetero) is 1. The van der Waals surface area contributed by atoms with Crippen LogP contribution in [0.3, 0.4) is 0 Å². The first-order valence-corrected chi connectivity index (χ1v) is 8.66. The van der Waals surface area contributed by atoms with Crippen LogP contribution in [0, 0.1) is 17.8 Å². The lowest BCUT2D eigenvalue weighted by Crippen LogP contribution is -2.17. The zero-order chi connectivity index (χ0) is 18.1. The highest BCUT2D eigenvalue weighted by atomic mass is 16.5. The third-order valence-electron chi connectivity index (χ3n) is 3.86. The first-order valence-electron chi connectivity index (χ1n) is 8.66. The number of ether oxygens (including phenoxy) is 1. The van der Waals surface area contributed by atoms with Crippen LogP contribution in [0.25, 0.3) is 0 Å². The van der Waals surface area contributed by atoms with E-state index in [1.54, 1.807) is 0 Å². The van der Waals surface area contributed by atoms with E-state index in [9.17, 15) is 4.79 Å². The molecule has 0 radical (unpaired) electrons. The molecule has 0 heterocycles. The second-order valence-electron chi connectivity index (χ2n) is 6.16.